The summed E-state index contributed by atoms with van der Waals surface area (Å²) in [6, 6.07) is 7.48. The van der Waals surface area contributed by atoms with Gasteiger partial charge in [0.05, 0.1) is 20.3 Å². The maximum absolute atomic E-state index is 11.4. The molecule has 0 unspecified atom stereocenters. The Balaban J connectivity index is 2.31. The van der Waals surface area contributed by atoms with Gasteiger partial charge in [0, 0.05) is 0 Å². The second kappa shape index (κ2) is 7.21. The van der Waals surface area contributed by atoms with E-state index in [0.717, 1.165) is 11.3 Å². The van der Waals surface area contributed by atoms with Crippen molar-refractivity contribution in [1.82, 2.24) is 15.0 Å². The van der Waals surface area contributed by atoms with Crippen molar-refractivity contribution in [1.29, 1.82) is 0 Å². The van der Waals surface area contributed by atoms with Gasteiger partial charge in [0.15, 0.2) is 17.9 Å². The number of nitrogens with zero attached hydrogens (tertiary/aromatic N) is 4. The first-order valence-corrected chi connectivity index (χ1v) is 6.66. The summed E-state index contributed by atoms with van der Waals surface area (Å²) in [6.45, 7) is 2.66. The number of hydrogen-bond acceptors (Lipinski definition) is 6. The zero-order chi connectivity index (χ0) is 15.9. The Hall–Kier alpha value is -2.90. The van der Waals surface area contributed by atoms with Crippen LogP contribution < -0.4 is 10.5 Å². The van der Waals surface area contributed by atoms with Crippen molar-refractivity contribution in [2.24, 2.45) is 10.7 Å². The standard InChI is InChI=1S/C14H17N5O3/c1-3-22-9-16-14-12(13(15)20)17-18-19(14)8-10-5-4-6-11(7-10)21-2/h4-7,9H,3,8H2,1-2H3,(H2,15,20)/b16-9-. The Morgan fingerprint density at radius 3 is 3.00 bits per heavy atom. The van der Waals surface area contributed by atoms with Crippen LogP contribution in [0.15, 0.2) is 29.3 Å². The number of carbonyl (C=O) groups is 1. The number of rotatable bonds is 7. The first-order chi connectivity index (χ1) is 10.7. The van der Waals surface area contributed by atoms with E-state index in [1.165, 1.54) is 11.1 Å². The Bertz CT molecular complexity index is 681. The SMILES string of the molecule is CCO/C=N\c1c(C(N)=O)nnn1Cc1cccc(OC)c1. The number of aliphatic imine (C=N–C) groups is 1. The smallest absolute Gasteiger partial charge is 0.273 e. The predicted octanol–water partition coefficient (Wildman–Crippen LogP) is 1.13. The van der Waals surface area contributed by atoms with E-state index in [-0.39, 0.29) is 11.5 Å². The Kier molecular flexibility index (Phi) is 5.07. The number of nitrogens with two attached hydrogens (primary N) is 1. The molecular weight excluding hydrogens is 286 g/mol. The molecule has 8 heteroatoms. The van der Waals surface area contributed by atoms with Gasteiger partial charge < -0.3 is 15.2 Å². The van der Waals surface area contributed by atoms with E-state index in [0.29, 0.717) is 13.2 Å². The van der Waals surface area contributed by atoms with E-state index in [1.807, 2.05) is 31.2 Å². The number of primary amides is 1. The molecule has 1 aromatic heterocycles. The van der Waals surface area contributed by atoms with Crippen molar-refractivity contribution < 1.29 is 14.3 Å². The Labute approximate surface area is 127 Å². The molecule has 0 aliphatic heterocycles. The van der Waals surface area contributed by atoms with Gasteiger partial charge in [-0.25, -0.2) is 4.68 Å². The molecular formula is C14H17N5O3. The lowest BCUT2D eigenvalue weighted by Gasteiger charge is -2.06. The van der Waals surface area contributed by atoms with Crippen LogP contribution in [0.25, 0.3) is 0 Å². The van der Waals surface area contributed by atoms with Crippen molar-refractivity contribution in [3.8, 4) is 5.75 Å². The zero-order valence-electron chi connectivity index (χ0n) is 12.4. The molecule has 2 aromatic rings. The number of aromatic nitrogens is 3. The minimum atomic E-state index is -0.694. The molecule has 0 saturated heterocycles. The van der Waals surface area contributed by atoms with Crippen LogP contribution in [0.1, 0.15) is 23.0 Å². The number of carbonyl (C=O) groups excluding carboxylic acids is 1. The van der Waals surface area contributed by atoms with E-state index in [2.05, 4.69) is 15.3 Å². The molecule has 0 aliphatic carbocycles. The summed E-state index contributed by atoms with van der Waals surface area (Å²) in [7, 11) is 1.59. The zero-order valence-corrected chi connectivity index (χ0v) is 12.4. The van der Waals surface area contributed by atoms with Crippen molar-refractivity contribution in [2.45, 2.75) is 13.5 Å². The maximum atomic E-state index is 11.4. The molecule has 2 rings (SSSR count). The number of benzene rings is 1. The lowest BCUT2D eigenvalue weighted by atomic mass is 10.2. The molecule has 1 aromatic carbocycles. The molecule has 116 valence electrons. The largest absolute Gasteiger partial charge is 0.497 e. The minimum absolute atomic E-state index is 0.00107. The first-order valence-electron chi connectivity index (χ1n) is 6.66. The van der Waals surface area contributed by atoms with Gasteiger partial charge in [-0.2, -0.15) is 4.99 Å². The summed E-state index contributed by atoms with van der Waals surface area (Å²) < 4.78 is 11.7. The molecule has 0 fully saturated rings. The van der Waals surface area contributed by atoms with Crippen LogP contribution in [0.5, 0.6) is 5.75 Å². The van der Waals surface area contributed by atoms with Gasteiger partial charge in [-0.05, 0) is 24.6 Å². The lowest BCUT2D eigenvalue weighted by molar-refractivity contribution is 0.0996. The number of amides is 1. The molecule has 0 saturated carbocycles. The highest BCUT2D eigenvalue weighted by atomic mass is 16.5. The summed E-state index contributed by atoms with van der Waals surface area (Å²) in [5, 5.41) is 7.69. The summed E-state index contributed by atoms with van der Waals surface area (Å²) >= 11 is 0. The van der Waals surface area contributed by atoms with Gasteiger partial charge in [-0.3, -0.25) is 4.79 Å². The summed E-state index contributed by atoms with van der Waals surface area (Å²) in [6.07, 6.45) is 1.24. The molecule has 0 atom stereocenters. The fourth-order valence-corrected chi connectivity index (χ4v) is 1.81. The monoisotopic (exact) mass is 303 g/mol. The second-order valence-electron chi connectivity index (χ2n) is 4.32. The van der Waals surface area contributed by atoms with Gasteiger partial charge in [0.1, 0.15) is 5.75 Å². The quantitative estimate of drug-likeness (QED) is 0.610. The highest BCUT2D eigenvalue weighted by Crippen LogP contribution is 2.19. The highest BCUT2D eigenvalue weighted by molar-refractivity contribution is 5.95. The Morgan fingerprint density at radius 2 is 2.32 bits per heavy atom. The normalized spacial score (nSPS) is 10.8. The minimum Gasteiger partial charge on any atom is -0.497 e. The number of hydrogen-bond donors (Lipinski definition) is 1. The van der Waals surface area contributed by atoms with E-state index in [4.69, 9.17) is 15.2 Å². The van der Waals surface area contributed by atoms with E-state index >= 15 is 0 Å². The third-order valence-electron chi connectivity index (χ3n) is 2.83. The molecule has 0 aliphatic rings. The van der Waals surface area contributed by atoms with Gasteiger partial charge in [0.2, 0.25) is 0 Å². The maximum Gasteiger partial charge on any atom is 0.273 e. The van der Waals surface area contributed by atoms with Gasteiger partial charge >= 0.3 is 0 Å². The summed E-state index contributed by atoms with van der Waals surface area (Å²) in [4.78, 5) is 15.5. The molecule has 8 nitrogen and oxygen atoms in total. The van der Waals surface area contributed by atoms with Crippen molar-refractivity contribution in [3.05, 3.63) is 35.5 Å². The molecule has 0 radical (unpaired) electrons. The average molecular weight is 303 g/mol. The predicted molar refractivity (Wildman–Crippen MR) is 80.4 cm³/mol. The van der Waals surface area contributed by atoms with Crippen molar-refractivity contribution in [3.63, 3.8) is 0 Å². The molecule has 2 N–H and O–H groups in total. The van der Waals surface area contributed by atoms with Gasteiger partial charge in [-0.15, -0.1) is 5.10 Å². The van der Waals surface area contributed by atoms with Crippen molar-refractivity contribution >= 4 is 18.1 Å². The summed E-state index contributed by atoms with van der Waals surface area (Å²) in [5.74, 6) is 0.288. The lowest BCUT2D eigenvalue weighted by Crippen LogP contribution is -2.12. The van der Waals surface area contributed by atoms with E-state index in [1.54, 1.807) is 7.11 Å². The summed E-state index contributed by atoms with van der Waals surface area (Å²) in [5.41, 5.74) is 6.20. The van der Waals surface area contributed by atoms with Gasteiger partial charge in [0.25, 0.3) is 5.91 Å². The topological polar surface area (TPSA) is 105 Å². The number of ether oxygens (including phenoxy) is 2. The average Bonchev–Trinajstić information content (AvgIpc) is 2.91. The van der Waals surface area contributed by atoms with Crippen LogP contribution in [-0.4, -0.2) is 41.0 Å². The van der Waals surface area contributed by atoms with E-state index in [9.17, 15) is 4.79 Å². The molecule has 22 heavy (non-hydrogen) atoms. The van der Waals surface area contributed by atoms with Gasteiger partial charge in [-0.1, -0.05) is 17.3 Å². The third-order valence-corrected chi connectivity index (χ3v) is 2.83. The van der Waals surface area contributed by atoms with Crippen LogP contribution in [0.3, 0.4) is 0 Å². The van der Waals surface area contributed by atoms with Crippen LogP contribution in [0.2, 0.25) is 0 Å². The van der Waals surface area contributed by atoms with E-state index < -0.39 is 5.91 Å². The first kappa shape index (κ1) is 15.5. The van der Waals surface area contributed by atoms with Crippen LogP contribution >= 0.6 is 0 Å². The van der Waals surface area contributed by atoms with Crippen LogP contribution in [-0.2, 0) is 11.3 Å². The fraction of sp³-hybridized carbons (Fsp3) is 0.286. The van der Waals surface area contributed by atoms with Crippen LogP contribution in [0, 0.1) is 0 Å². The number of methoxy groups -OCH3 is 1. The molecule has 0 spiro atoms. The fourth-order valence-electron chi connectivity index (χ4n) is 1.81. The molecule has 1 amide bonds. The molecule has 1 heterocycles. The Morgan fingerprint density at radius 1 is 1.50 bits per heavy atom. The third kappa shape index (κ3) is 3.60. The van der Waals surface area contributed by atoms with Crippen LogP contribution in [0.4, 0.5) is 5.82 Å². The second-order valence-corrected chi connectivity index (χ2v) is 4.32. The van der Waals surface area contributed by atoms with Crippen molar-refractivity contribution in [2.75, 3.05) is 13.7 Å². The highest BCUT2D eigenvalue weighted by Gasteiger charge is 2.17. The molecule has 0 bridgehead atoms.